The van der Waals surface area contributed by atoms with Gasteiger partial charge in [-0.15, -0.1) is 11.3 Å². The smallest absolute Gasteiger partial charge is 0.259 e. The molecule has 0 bridgehead atoms. The van der Waals surface area contributed by atoms with Crippen molar-refractivity contribution in [1.82, 2.24) is 14.7 Å². The van der Waals surface area contributed by atoms with Crippen LogP contribution in [0, 0.1) is 13.8 Å². The molecule has 2 aromatic carbocycles. The Labute approximate surface area is 196 Å². The molecule has 0 saturated carbocycles. The summed E-state index contributed by atoms with van der Waals surface area (Å²) >= 11 is 1.75. The number of anilines is 1. The van der Waals surface area contributed by atoms with Gasteiger partial charge in [-0.3, -0.25) is 9.59 Å². The van der Waals surface area contributed by atoms with Gasteiger partial charge in [-0.1, -0.05) is 24.3 Å². The van der Waals surface area contributed by atoms with Gasteiger partial charge in [0.2, 0.25) is 0 Å². The Kier molecular flexibility index (Phi) is 5.56. The molecule has 0 unspecified atom stereocenters. The van der Waals surface area contributed by atoms with Crippen molar-refractivity contribution >= 4 is 28.8 Å². The van der Waals surface area contributed by atoms with Crippen molar-refractivity contribution in [3.63, 3.8) is 0 Å². The van der Waals surface area contributed by atoms with E-state index in [0.29, 0.717) is 29.9 Å². The summed E-state index contributed by atoms with van der Waals surface area (Å²) in [5.74, 6) is -0.253. The van der Waals surface area contributed by atoms with Crippen LogP contribution >= 0.6 is 11.3 Å². The number of thiophene rings is 1. The largest absolute Gasteiger partial charge is 0.334 e. The minimum Gasteiger partial charge on any atom is -0.334 e. The fraction of sp³-hybridized carbons (Fsp3) is 0.192. The summed E-state index contributed by atoms with van der Waals surface area (Å²) in [6.07, 6.45) is 2.47. The highest BCUT2D eigenvalue weighted by atomic mass is 32.1. The first-order chi connectivity index (χ1) is 16.0. The molecule has 7 heteroatoms. The third kappa shape index (κ3) is 3.96. The number of rotatable bonds is 4. The van der Waals surface area contributed by atoms with Crippen molar-refractivity contribution in [1.29, 1.82) is 0 Å². The lowest BCUT2D eigenvalue weighted by molar-refractivity contribution is 0.0735. The summed E-state index contributed by atoms with van der Waals surface area (Å²) < 4.78 is 1.75. The molecule has 0 radical (unpaired) electrons. The topological polar surface area (TPSA) is 67.2 Å². The zero-order chi connectivity index (χ0) is 22.9. The molecule has 6 nitrogen and oxygen atoms in total. The maximum absolute atomic E-state index is 13.3. The Balaban J connectivity index is 1.36. The summed E-state index contributed by atoms with van der Waals surface area (Å²) in [4.78, 5) is 29.6. The molecule has 0 fully saturated rings. The van der Waals surface area contributed by atoms with Crippen LogP contribution in [0.25, 0.3) is 5.69 Å². The molecule has 0 spiro atoms. The SMILES string of the molecule is Cc1c(NC(=O)c2cnn(-c3ccccc3)c2C)cccc1C(=O)N1CCc2sccc2C1. The Morgan fingerprint density at radius 3 is 2.64 bits per heavy atom. The molecule has 2 amide bonds. The molecule has 1 N–H and O–H groups in total. The monoisotopic (exact) mass is 456 g/mol. The van der Waals surface area contributed by atoms with Gasteiger partial charge in [0.25, 0.3) is 11.8 Å². The lowest BCUT2D eigenvalue weighted by Crippen LogP contribution is -2.35. The predicted octanol–water partition coefficient (Wildman–Crippen LogP) is 5.00. The van der Waals surface area contributed by atoms with Crippen LogP contribution in [0.15, 0.2) is 66.2 Å². The minimum atomic E-state index is -0.247. The number of para-hydroxylation sites is 1. The molecule has 33 heavy (non-hydrogen) atoms. The molecule has 5 rings (SSSR count). The number of nitrogens with one attached hydrogen (secondary N) is 1. The van der Waals surface area contributed by atoms with Gasteiger partial charge in [0.1, 0.15) is 0 Å². The molecular weight excluding hydrogens is 432 g/mol. The van der Waals surface area contributed by atoms with Gasteiger partial charge in [0.05, 0.1) is 23.1 Å². The molecular formula is C26H24N4O2S. The normalized spacial score (nSPS) is 13.0. The zero-order valence-corrected chi connectivity index (χ0v) is 19.4. The average molecular weight is 457 g/mol. The second kappa shape index (κ2) is 8.67. The third-order valence-corrected chi connectivity index (χ3v) is 7.19. The predicted molar refractivity (Wildman–Crippen MR) is 130 cm³/mol. The van der Waals surface area contributed by atoms with Crippen LogP contribution in [-0.4, -0.2) is 33.0 Å². The van der Waals surface area contributed by atoms with Crippen LogP contribution in [0.5, 0.6) is 0 Å². The van der Waals surface area contributed by atoms with Crippen LogP contribution in [0.1, 0.15) is 42.4 Å². The van der Waals surface area contributed by atoms with Gasteiger partial charge in [-0.05, 0) is 67.1 Å². The van der Waals surface area contributed by atoms with Gasteiger partial charge < -0.3 is 10.2 Å². The van der Waals surface area contributed by atoms with E-state index in [1.54, 1.807) is 22.2 Å². The fourth-order valence-corrected chi connectivity index (χ4v) is 5.14. The number of nitrogens with zero attached hydrogens (tertiary/aromatic N) is 3. The summed E-state index contributed by atoms with van der Waals surface area (Å²) in [5.41, 5.74) is 5.38. The first-order valence-electron chi connectivity index (χ1n) is 10.9. The van der Waals surface area contributed by atoms with E-state index in [1.807, 2.05) is 67.3 Å². The summed E-state index contributed by atoms with van der Waals surface area (Å²) in [6.45, 7) is 5.09. The first-order valence-corrected chi connectivity index (χ1v) is 11.8. The Morgan fingerprint density at radius 2 is 1.82 bits per heavy atom. The number of benzene rings is 2. The van der Waals surface area contributed by atoms with E-state index in [1.165, 1.54) is 10.4 Å². The second-order valence-electron chi connectivity index (χ2n) is 8.17. The molecule has 2 aromatic heterocycles. The number of carbonyl (C=O) groups is 2. The van der Waals surface area contributed by atoms with Crippen LogP contribution in [0.2, 0.25) is 0 Å². The van der Waals surface area contributed by atoms with Gasteiger partial charge in [-0.25, -0.2) is 4.68 Å². The molecule has 1 aliphatic heterocycles. The van der Waals surface area contributed by atoms with E-state index in [4.69, 9.17) is 0 Å². The van der Waals surface area contributed by atoms with Crippen molar-refractivity contribution in [2.45, 2.75) is 26.8 Å². The zero-order valence-electron chi connectivity index (χ0n) is 18.5. The van der Waals surface area contributed by atoms with Gasteiger partial charge in [-0.2, -0.15) is 5.10 Å². The molecule has 1 aliphatic rings. The fourth-order valence-electron chi connectivity index (χ4n) is 4.25. The number of carbonyl (C=O) groups excluding carboxylic acids is 2. The quantitative estimate of drug-likeness (QED) is 0.470. The van der Waals surface area contributed by atoms with Gasteiger partial charge in [0.15, 0.2) is 0 Å². The molecule has 0 aliphatic carbocycles. The van der Waals surface area contributed by atoms with E-state index in [0.717, 1.165) is 23.4 Å². The third-order valence-electron chi connectivity index (χ3n) is 6.16. The highest BCUT2D eigenvalue weighted by Crippen LogP contribution is 2.27. The van der Waals surface area contributed by atoms with Crippen molar-refractivity contribution in [3.8, 4) is 5.69 Å². The molecule has 166 valence electrons. The van der Waals surface area contributed by atoms with E-state index < -0.39 is 0 Å². The highest BCUT2D eigenvalue weighted by molar-refractivity contribution is 7.10. The molecule has 0 saturated heterocycles. The highest BCUT2D eigenvalue weighted by Gasteiger charge is 2.24. The van der Waals surface area contributed by atoms with Gasteiger partial charge in [0, 0.05) is 29.2 Å². The number of hydrogen-bond donors (Lipinski definition) is 1. The summed E-state index contributed by atoms with van der Waals surface area (Å²) in [5, 5.41) is 9.45. The molecule has 0 atom stereocenters. The maximum Gasteiger partial charge on any atom is 0.259 e. The minimum absolute atomic E-state index is 0.00599. The van der Waals surface area contributed by atoms with E-state index in [-0.39, 0.29) is 11.8 Å². The van der Waals surface area contributed by atoms with Crippen LogP contribution in [-0.2, 0) is 13.0 Å². The standard InChI is InChI=1S/C26H24N4O2S/c1-17-21(26(32)29-13-11-24-19(16-29)12-14-33-24)9-6-10-23(17)28-25(31)22-15-27-30(18(22)2)20-7-4-3-5-8-20/h3-10,12,14-15H,11,13,16H2,1-2H3,(H,28,31). The summed E-state index contributed by atoms with van der Waals surface area (Å²) in [7, 11) is 0. The number of amides is 2. The van der Waals surface area contributed by atoms with Crippen molar-refractivity contribution in [2.75, 3.05) is 11.9 Å². The first kappa shape index (κ1) is 21.2. The van der Waals surface area contributed by atoms with Crippen LogP contribution in [0.4, 0.5) is 5.69 Å². The maximum atomic E-state index is 13.3. The van der Waals surface area contributed by atoms with Crippen molar-refractivity contribution in [3.05, 3.63) is 99.0 Å². The Bertz CT molecular complexity index is 1340. The molecule has 4 aromatic rings. The lowest BCUT2D eigenvalue weighted by Gasteiger charge is -2.28. The Morgan fingerprint density at radius 1 is 1.00 bits per heavy atom. The lowest BCUT2D eigenvalue weighted by atomic mass is 10.0. The van der Waals surface area contributed by atoms with Crippen molar-refractivity contribution < 1.29 is 9.59 Å². The number of fused-ring (bicyclic) bond motifs is 1. The Hall–Kier alpha value is -3.71. The van der Waals surface area contributed by atoms with Crippen LogP contribution < -0.4 is 5.32 Å². The molecule has 3 heterocycles. The number of aromatic nitrogens is 2. The van der Waals surface area contributed by atoms with Crippen molar-refractivity contribution in [2.24, 2.45) is 0 Å². The van der Waals surface area contributed by atoms with Gasteiger partial charge >= 0.3 is 0 Å². The van der Waals surface area contributed by atoms with E-state index >= 15 is 0 Å². The van der Waals surface area contributed by atoms with E-state index in [9.17, 15) is 9.59 Å². The summed E-state index contributed by atoms with van der Waals surface area (Å²) in [6, 6.07) is 17.3. The van der Waals surface area contributed by atoms with Crippen LogP contribution in [0.3, 0.4) is 0 Å². The number of hydrogen-bond acceptors (Lipinski definition) is 4. The van der Waals surface area contributed by atoms with E-state index in [2.05, 4.69) is 21.9 Å². The second-order valence-corrected chi connectivity index (χ2v) is 9.17. The average Bonchev–Trinajstić information content (AvgIpc) is 3.46.